The fourth-order valence-corrected chi connectivity index (χ4v) is 5.10. The average Bonchev–Trinajstić information content (AvgIpc) is 3.39. The van der Waals surface area contributed by atoms with Gasteiger partial charge in [-0.3, -0.25) is 9.58 Å². The lowest BCUT2D eigenvalue weighted by atomic mass is 9.92. The van der Waals surface area contributed by atoms with Crippen LogP contribution < -0.4 is 4.74 Å². The first-order valence-corrected chi connectivity index (χ1v) is 12.8. The molecule has 3 aromatic heterocycles. The Labute approximate surface area is 220 Å². The van der Waals surface area contributed by atoms with Gasteiger partial charge in [-0.2, -0.15) is 5.10 Å². The molecule has 190 valence electrons. The van der Waals surface area contributed by atoms with Crippen LogP contribution in [0.25, 0.3) is 33.8 Å². The third-order valence-corrected chi connectivity index (χ3v) is 6.95. The van der Waals surface area contributed by atoms with Gasteiger partial charge < -0.3 is 14.5 Å². The monoisotopic (exact) mass is 528 g/mol. The van der Waals surface area contributed by atoms with Gasteiger partial charge in [0.2, 0.25) is 5.88 Å². The van der Waals surface area contributed by atoms with E-state index in [1.807, 2.05) is 37.4 Å². The Morgan fingerprint density at radius 2 is 1.86 bits per heavy atom. The average molecular weight is 529 g/mol. The Kier molecular flexibility index (Phi) is 6.96. The molecule has 1 fully saturated rings. The van der Waals surface area contributed by atoms with Crippen molar-refractivity contribution in [1.29, 1.82) is 0 Å². The Morgan fingerprint density at radius 3 is 2.56 bits per heavy atom. The molecule has 0 radical (unpaired) electrons. The summed E-state index contributed by atoms with van der Waals surface area (Å²) in [5.41, 5.74) is 4.28. The third kappa shape index (κ3) is 4.95. The number of aromatic amines is 1. The van der Waals surface area contributed by atoms with Crippen LogP contribution in [0.5, 0.6) is 5.88 Å². The van der Waals surface area contributed by atoms with E-state index in [9.17, 15) is 0 Å². The van der Waals surface area contributed by atoms with Crippen molar-refractivity contribution in [2.75, 3.05) is 39.5 Å². The van der Waals surface area contributed by atoms with Crippen LogP contribution in [-0.4, -0.2) is 69.1 Å². The smallest absolute Gasteiger partial charge is 0.242 e. The zero-order valence-corrected chi connectivity index (χ0v) is 22.4. The van der Waals surface area contributed by atoms with Crippen LogP contribution in [0.1, 0.15) is 26.5 Å². The lowest BCUT2D eigenvalue weighted by molar-refractivity contribution is 0.0321. The minimum Gasteiger partial charge on any atom is -0.475 e. The molecule has 8 nitrogen and oxygen atoms in total. The second-order valence-corrected chi connectivity index (χ2v) is 10.7. The molecular formula is C26H30Cl2N6O2. The number of hydrogen-bond acceptors (Lipinski definition) is 6. The Balaban J connectivity index is 1.56. The van der Waals surface area contributed by atoms with E-state index in [1.165, 1.54) is 0 Å². The number of hydrogen-bond donors (Lipinski definition) is 1. The van der Waals surface area contributed by atoms with Gasteiger partial charge in [0.15, 0.2) is 11.3 Å². The first-order valence-electron chi connectivity index (χ1n) is 12.0. The number of morpholine rings is 1. The second kappa shape index (κ2) is 10.0. The molecular weight excluding hydrogens is 499 g/mol. The number of benzene rings is 1. The topological polar surface area (TPSA) is 81.1 Å². The SMILES string of the molecule is Cn1nc(C(C)(C)C)c(Cl)c1-c1nc2c(OCCN3CCOCC3)nc(-c3ccccc3Cl)cc2[nH]1. The maximum absolute atomic E-state index is 6.81. The molecule has 4 aromatic rings. The van der Waals surface area contributed by atoms with Gasteiger partial charge in [0.05, 0.1) is 35.1 Å². The number of imidazole rings is 1. The van der Waals surface area contributed by atoms with Gasteiger partial charge in [0, 0.05) is 42.7 Å². The summed E-state index contributed by atoms with van der Waals surface area (Å²) in [6, 6.07) is 9.57. The number of aryl methyl sites for hydroxylation is 1. The molecule has 1 aliphatic rings. The van der Waals surface area contributed by atoms with Crippen LogP contribution >= 0.6 is 23.2 Å². The number of ether oxygens (including phenoxy) is 2. The van der Waals surface area contributed by atoms with Crippen LogP contribution in [0.3, 0.4) is 0 Å². The Hall–Kier alpha value is -2.65. The minimum absolute atomic E-state index is 0.203. The number of fused-ring (bicyclic) bond motifs is 1. The molecule has 0 unspecified atom stereocenters. The second-order valence-electron chi connectivity index (χ2n) is 9.96. The molecule has 10 heteroatoms. The van der Waals surface area contributed by atoms with E-state index in [2.05, 4.69) is 35.8 Å². The molecule has 1 saturated heterocycles. The summed E-state index contributed by atoms with van der Waals surface area (Å²) < 4.78 is 13.4. The van der Waals surface area contributed by atoms with Crippen LogP contribution in [0.15, 0.2) is 30.3 Å². The summed E-state index contributed by atoms with van der Waals surface area (Å²) in [5, 5.41) is 5.87. The molecule has 0 bridgehead atoms. The van der Waals surface area contributed by atoms with Crippen molar-refractivity contribution in [3.05, 3.63) is 46.1 Å². The standard InChI is InChI=1S/C26H30Cl2N6O2/c1-26(2,3)23-20(28)22(33(4)32-23)24-29-19-15-18(16-7-5-6-8-17(16)27)30-25(21(19)31-24)36-14-11-34-9-12-35-13-10-34/h5-8,15H,9-14H2,1-4H3,(H,29,31). The minimum atomic E-state index is -0.203. The van der Waals surface area contributed by atoms with E-state index < -0.39 is 0 Å². The third-order valence-electron chi connectivity index (χ3n) is 6.26. The van der Waals surface area contributed by atoms with Gasteiger partial charge in [-0.1, -0.05) is 62.2 Å². The van der Waals surface area contributed by atoms with Gasteiger partial charge in [-0.15, -0.1) is 0 Å². The van der Waals surface area contributed by atoms with E-state index in [0.717, 1.165) is 55.3 Å². The van der Waals surface area contributed by atoms with E-state index in [1.54, 1.807) is 4.68 Å². The van der Waals surface area contributed by atoms with Crippen LogP contribution in [-0.2, 0) is 17.2 Å². The van der Waals surface area contributed by atoms with Crippen LogP contribution in [0.4, 0.5) is 0 Å². The van der Waals surface area contributed by atoms with Crippen LogP contribution in [0, 0.1) is 0 Å². The highest BCUT2D eigenvalue weighted by Crippen LogP contribution is 2.38. The maximum Gasteiger partial charge on any atom is 0.242 e. The summed E-state index contributed by atoms with van der Waals surface area (Å²) in [6.45, 7) is 10.8. The highest BCUT2D eigenvalue weighted by Gasteiger charge is 2.27. The van der Waals surface area contributed by atoms with Gasteiger partial charge in [-0.05, 0) is 12.1 Å². The number of pyridine rings is 1. The molecule has 0 amide bonds. The van der Waals surface area contributed by atoms with Gasteiger partial charge in [-0.25, -0.2) is 9.97 Å². The molecule has 1 aromatic carbocycles. The van der Waals surface area contributed by atoms with Crippen molar-refractivity contribution in [3.8, 4) is 28.7 Å². The predicted molar refractivity (Wildman–Crippen MR) is 143 cm³/mol. The number of H-pyrrole nitrogens is 1. The zero-order valence-electron chi connectivity index (χ0n) is 20.9. The van der Waals surface area contributed by atoms with Crippen LogP contribution in [0.2, 0.25) is 10.0 Å². The van der Waals surface area contributed by atoms with Crippen molar-refractivity contribution in [1.82, 2.24) is 29.6 Å². The summed E-state index contributed by atoms with van der Waals surface area (Å²) in [5.74, 6) is 1.06. The fraction of sp³-hybridized carbons (Fsp3) is 0.423. The normalized spacial score (nSPS) is 15.1. The fourth-order valence-electron chi connectivity index (χ4n) is 4.34. The Bertz CT molecular complexity index is 1390. The van der Waals surface area contributed by atoms with Gasteiger partial charge in [0.25, 0.3) is 0 Å². The number of nitrogens with one attached hydrogen (secondary N) is 1. The lowest BCUT2D eigenvalue weighted by Crippen LogP contribution is -2.38. The molecule has 0 atom stereocenters. The van der Waals surface area contributed by atoms with Crippen molar-refractivity contribution >= 4 is 34.2 Å². The zero-order chi connectivity index (χ0) is 25.4. The Morgan fingerprint density at radius 1 is 1.11 bits per heavy atom. The first kappa shape index (κ1) is 25.0. The highest BCUT2D eigenvalue weighted by atomic mass is 35.5. The quantitative estimate of drug-likeness (QED) is 0.363. The molecule has 0 aliphatic carbocycles. The summed E-state index contributed by atoms with van der Waals surface area (Å²) in [7, 11) is 1.87. The molecule has 36 heavy (non-hydrogen) atoms. The number of rotatable bonds is 6. The summed E-state index contributed by atoms with van der Waals surface area (Å²) in [4.78, 5) is 15.4. The number of halogens is 2. The molecule has 0 saturated carbocycles. The highest BCUT2D eigenvalue weighted by molar-refractivity contribution is 6.34. The number of nitrogens with zero attached hydrogens (tertiary/aromatic N) is 5. The first-order chi connectivity index (χ1) is 17.2. The van der Waals surface area contributed by atoms with Gasteiger partial charge >= 0.3 is 0 Å². The van der Waals surface area contributed by atoms with E-state index in [0.29, 0.717) is 39.6 Å². The maximum atomic E-state index is 6.81. The largest absolute Gasteiger partial charge is 0.475 e. The molecule has 1 aliphatic heterocycles. The van der Waals surface area contributed by atoms with Crippen molar-refractivity contribution in [3.63, 3.8) is 0 Å². The van der Waals surface area contributed by atoms with Crippen molar-refractivity contribution in [2.24, 2.45) is 7.05 Å². The number of aromatic nitrogens is 5. The van der Waals surface area contributed by atoms with Gasteiger partial charge in [0.1, 0.15) is 12.3 Å². The van der Waals surface area contributed by atoms with E-state index in [-0.39, 0.29) is 5.41 Å². The molecule has 5 rings (SSSR count). The summed E-state index contributed by atoms with van der Waals surface area (Å²) >= 11 is 13.3. The van der Waals surface area contributed by atoms with E-state index in [4.69, 9.17) is 42.6 Å². The molecule has 4 heterocycles. The predicted octanol–water partition coefficient (Wildman–Crippen LogP) is 5.34. The lowest BCUT2D eigenvalue weighted by Gasteiger charge is -2.26. The van der Waals surface area contributed by atoms with E-state index >= 15 is 0 Å². The molecule has 0 spiro atoms. The summed E-state index contributed by atoms with van der Waals surface area (Å²) in [6.07, 6.45) is 0. The van der Waals surface area contributed by atoms with Crippen molar-refractivity contribution in [2.45, 2.75) is 26.2 Å². The van der Waals surface area contributed by atoms with Crippen molar-refractivity contribution < 1.29 is 9.47 Å². The molecule has 1 N–H and O–H groups in total.